The first-order valence-electron chi connectivity index (χ1n) is 5.95. The van der Waals surface area contributed by atoms with Gasteiger partial charge in [-0.1, -0.05) is 0 Å². The quantitative estimate of drug-likeness (QED) is 0.517. The SMILES string of the molecule is NNc1ncccc1C(=O)NC1CCS(=O)(=O)CC1. The molecule has 2 heterocycles. The molecule has 2 rings (SSSR count). The monoisotopic (exact) mass is 284 g/mol. The Kier molecular flexibility index (Phi) is 4.01. The van der Waals surface area contributed by atoms with Crippen molar-refractivity contribution in [3.8, 4) is 0 Å². The van der Waals surface area contributed by atoms with Crippen LogP contribution in [-0.4, -0.2) is 36.9 Å². The van der Waals surface area contributed by atoms with Crippen molar-refractivity contribution in [1.82, 2.24) is 10.3 Å². The number of sulfone groups is 1. The van der Waals surface area contributed by atoms with Crippen LogP contribution in [-0.2, 0) is 9.84 Å². The van der Waals surface area contributed by atoms with Crippen LogP contribution < -0.4 is 16.6 Å². The highest BCUT2D eigenvalue weighted by Crippen LogP contribution is 2.15. The summed E-state index contributed by atoms with van der Waals surface area (Å²) in [5.41, 5.74) is 2.70. The standard InChI is InChI=1S/C11H16N4O3S/c12-15-10-9(2-1-5-13-10)11(16)14-8-3-6-19(17,18)7-4-8/h1-2,5,8H,3-4,6-7,12H2,(H,13,15)(H,14,16). The van der Waals surface area contributed by atoms with Gasteiger partial charge < -0.3 is 10.7 Å². The first-order valence-corrected chi connectivity index (χ1v) is 7.77. The molecule has 4 N–H and O–H groups in total. The number of amides is 1. The minimum absolute atomic E-state index is 0.118. The van der Waals surface area contributed by atoms with Gasteiger partial charge in [0.05, 0.1) is 17.1 Å². The van der Waals surface area contributed by atoms with Crippen LogP contribution in [0.5, 0.6) is 0 Å². The van der Waals surface area contributed by atoms with E-state index in [0.29, 0.717) is 24.2 Å². The number of carbonyl (C=O) groups is 1. The van der Waals surface area contributed by atoms with Gasteiger partial charge in [0.25, 0.3) is 5.91 Å². The number of aromatic nitrogens is 1. The highest BCUT2D eigenvalue weighted by molar-refractivity contribution is 7.91. The molecule has 1 aliphatic heterocycles. The molecule has 0 saturated carbocycles. The highest BCUT2D eigenvalue weighted by atomic mass is 32.2. The van der Waals surface area contributed by atoms with E-state index in [9.17, 15) is 13.2 Å². The van der Waals surface area contributed by atoms with Crippen molar-refractivity contribution >= 4 is 21.6 Å². The molecule has 0 radical (unpaired) electrons. The molecule has 1 fully saturated rings. The van der Waals surface area contributed by atoms with E-state index in [1.54, 1.807) is 12.1 Å². The number of hydrogen-bond donors (Lipinski definition) is 3. The fourth-order valence-corrected chi connectivity index (χ4v) is 3.49. The molecule has 19 heavy (non-hydrogen) atoms. The summed E-state index contributed by atoms with van der Waals surface area (Å²) in [6, 6.07) is 3.12. The number of nitrogens with one attached hydrogen (secondary N) is 2. The van der Waals surface area contributed by atoms with E-state index in [2.05, 4.69) is 15.7 Å². The molecule has 0 unspecified atom stereocenters. The van der Waals surface area contributed by atoms with Gasteiger partial charge in [0.1, 0.15) is 9.84 Å². The number of carbonyl (C=O) groups excluding carboxylic acids is 1. The molecule has 1 saturated heterocycles. The van der Waals surface area contributed by atoms with Gasteiger partial charge in [0, 0.05) is 12.2 Å². The molecule has 0 bridgehead atoms. The number of pyridine rings is 1. The molecule has 1 amide bonds. The van der Waals surface area contributed by atoms with E-state index in [-0.39, 0.29) is 23.5 Å². The fourth-order valence-electron chi connectivity index (χ4n) is 2.00. The molecule has 1 aliphatic rings. The summed E-state index contributed by atoms with van der Waals surface area (Å²) in [5, 5.41) is 2.81. The number of rotatable bonds is 3. The molecule has 0 aromatic carbocycles. The van der Waals surface area contributed by atoms with Crippen molar-refractivity contribution in [3.05, 3.63) is 23.9 Å². The maximum absolute atomic E-state index is 12.1. The smallest absolute Gasteiger partial charge is 0.255 e. The number of anilines is 1. The summed E-state index contributed by atoms with van der Waals surface area (Å²) in [4.78, 5) is 16.0. The fraction of sp³-hybridized carbons (Fsp3) is 0.455. The molecule has 8 heteroatoms. The molecule has 0 aliphatic carbocycles. The molecule has 1 aromatic heterocycles. The molecule has 1 aromatic rings. The van der Waals surface area contributed by atoms with E-state index >= 15 is 0 Å². The molecular formula is C11H16N4O3S. The van der Waals surface area contributed by atoms with E-state index in [1.807, 2.05) is 0 Å². The van der Waals surface area contributed by atoms with Crippen molar-refractivity contribution in [3.63, 3.8) is 0 Å². The number of nitrogens with two attached hydrogens (primary N) is 1. The van der Waals surface area contributed by atoms with Crippen LogP contribution in [0.25, 0.3) is 0 Å². The first-order chi connectivity index (χ1) is 9.02. The molecule has 0 atom stereocenters. The van der Waals surface area contributed by atoms with Crippen LogP contribution >= 0.6 is 0 Å². The van der Waals surface area contributed by atoms with Crippen molar-refractivity contribution in [2.24, 2.45) is 5.84 Å². The van der Waals surface area contributed by atoms with Gasteiger partial charge in [-0.05, 0) is 25.0 Å². The zero-order chi connectivity index (χ0) is 13.9. The summed E-state index contributed by atoms with van der Waals surface area (Å²) < 4.78 is 22.6. The number of hydrazine groups is 1. The van der Waals surface area contributed by atoms with Crippen molar-refractivity contribution in [2.45, 2.75) is 18.9 Å². The Morgan fingerprint density at radius 2 is 2.05 bits per heavy atom. The predicted molar refractivity (Wildman–Crippen MR) is 71.2 cm³/mol. The maximum atomic E-state index is 12.1. The van der Waals surface area contributed by atoms with E-state index in [0.717, 1.165) is 0 Å². The minimum atomic E-state index is -2.92. The second-order valence-corrected chi connectivity index (χ2v) is 6.75. The van der Waals surface area contributed by atoms with Crippen LogP contribution in [0.2, 0.25) is 0 Å². The largest absolute Gasteiger partial charge is 0.349 e. The van der Waals surface area contributed by atoms with Crippen LogP contribution in [0, 0.1) is 0 Å². The molecule has 7 nitrogen and oxygen atoms in total. The van der Waals surface area contributed by atoms with Gasteiger partial charge in [-0.25, -0.2) is 19.2 Å². The van der Waals surface area contributed by atoms with Crippen molar-refractivity contribution in [1.29, 1.82) is 0 Å². The number of hydrogen-bond acceptors (Lipinski definition) is 6. The second kappa shape index (κ2) is 5.54. The average molecular weight is 284 g/mol. The Labute approximate surface area is 111 Å². The summed E-state index contributed by atoms with van der Waals surface area (Å²) in [7, 11) is -2.92. The zero-order valence-electron chi connectivity index (χ0n) is 10.3. The van der Waals surface area contributed by atoms with Gasteiger partial charge in [-0.2, -0.15) is 0 Å². The molecule has 104 valence electrons. The van der Waals surface area contributed by atoms with E-state index < -0.39 is 9.84 Å². The van der Waals surface area contributed by atoms with Gasteiger partial charge >= 0.3 is 0 Å². The third-order valence-electron chi connectivity index (χ3n) is 3.08. The third-order valence-corrected chi connectivity index (χ3v) is 4.79. The second-order valence-electron chi connectivity index (χ2n) is 4.44. The summed E-state index contributed by atoms with van der Waals surface area (Å²) >= 11 is 0. The summed E-state index contributed by atoms with van der Waals surface area (Å²) in [5.74, 6) is 5.52. The Bertz CT molecular complexity index is 559. The van der Waals surface area contributed by atoms with Crippen molar-refractivity contribution in [2.75, 3.05) is 16.9 Å². The Hall–Kier alpha value is -1.67. The number of nitrogens with zero attached hydrogens (tertiary/aromatic N) is 1. The lowest BCUT2D eigenvalue weighted by atomic mass is 10.1. The zero-order valence-corrected chi connectivity index (χ0v) is 11.1. The Morgan fingerprint density at radius 1 is 1.37 bits per heavy atom. The van der Waals surface area contributed by atoms with Gasteiger partial charge in [0.2, 0.25) is 0 Å². The van der Waals surface area contributed by atoms with Gasteiger partial charge in [0.15, 0.2) is 5.82 Å². The number of nitrogen functional groups attached to an aromatic ring is 1. The Balaban J connectivity index is 2.02. The van der Waals surface area contributed by atoms with E-state index in [1.165, 1.54) is 6.20 Å². The normalized spacial score (nSPS) is 18.8. The maximum Gasteiger partial charge on any atom is 0.255 e. The summed E-state index contributed by atoms with van der Waals surface area (Å²) in [6.07, 6.45) is 2.42. The lowest BCUT2D eigenvalue weighted by Gasteiger charge is -2.23. The van der Waals surface area contributed by atoms with Crippen LogP contribution in [0.3, 0.4) is 0 Å². The predicted octanol–water partition coefficient (Wildman–Crippen LogP) is -0.326. The topological polar surface area (TPSA) is 114 Å². The summed E-state index contributed by atoms with van der Waals surface area (Å²) in [6.45, 7) is 0. The van der Waals surface area contributed by atoms with E-state index in [4.69, 9.17) is 5.84 Å². The lowest BCUT2D eigenvalue weighted by Crippen LogP contribution is -2.41. The third kappa shape index (κ3) is 3.42. The van der Waals surface area contributed by atoms with Gasteiger partial charge in [-0.3, -0.25) is 4.79 Å². The van der Waals surface area contributed by atoms with Crippen LogP contribution in [0.15, 0.2) is 18.3 Å². The van der Waals surface area contributed by atoms with Crippen molar-refractivity contribution < 1.29 is 13.2 Å². The first kappa shape index (κ1) is 13.8. The van der Waals surface area contributed by atoms with Crippen LogP contribution in [0.1, 0.15) is 23.2 Å². The van der Waals surface area contributed by atoms with Crippen LogP contribution in [0.4, 0.5) is 5.82 Å². The lowest BCUT2D eigenvalue weighted by molar-refractivity contribution is 0.0934. The molecular weight excluding hydrogens is 268 g/mol. The Morgan fingerprint density at radius 3 is 2.68 bits per heavy atom. The van der Waals surface area contributed by atoms with Gasteiger partial charge in [-0.15, -0.1) is 0 Å². The molecule has 0 spiro atoms. The highest BCUT2D eigenvalue weighted by Gasteiger charge is 2.25. The average Bonchev–Trinajstić information content (AvgIpc) is 2.41. The minimum Gasteiger partial charge on any atom is -0.349 e.